The van der Waals surface area contributed by atoms with Crippen molar-refractivity contribution in [3.63, 3.8) is 0 Å². The third-order valence-electron chi connectivity index (χ3n) is 3.85. The Morgan fingerprint density at radius 1 is 1.24 bits per heavy atom. The van der Waals surface area contributed by atoms with Crippen molar-refractivity contribution in [1.29, 1.82) is 0 Å². The second-order valence-corrected chi connectivity index (χ2v) is 5.85. The van der Waals surface area contributed by atoms with E-state index in [1.807, 2.05) is 0 Å². The number of hydrogen-bond donors (Lipinski definition) is 2. The first-order valence-corrected chi connectivity index (χ1v) is 8.03. The molecule has 0 aromatic carbocycles. The Labute approximate surface area is 143 Å². The van der Waals surface area contributed by atoms with E-state index in [9.17, 15) is 22.8 Å². The predicted octanol–water partition coefficient (Wildman–Crippen LogP) is 1.95. The van der Waals surface area contributed by atoms with Gasteiger partial charge < -0.3 is 15.4 Å². The summed E-state index contributed by atoms with van der Waals surface area (Å²) >= 11 is 0. The maximum Gasteiger partial charge on any atom is 0.422 e. The molecule has 0 spiro atoms. The molecule has 1 fully saturated rings. The monoisotopic (exact) mass is 359 g/mol. The Morgan fingerprint density at radius 2 is 1.96 bits per heavy atom. The van der Waals surface area contributed by atoms with Gasteiger partial charge in [0.05, 0.1) is 6.54 Å². The van der Waals surface area contributed by atoms with E-state index in [2.05, 4.69) is 20.4 Å². The Morgan fingerprint density at radius 3 is 2.64 bits per heavy atom. The number of hydrogen-bond acceptors (Lipinski definition) is 4. The molecule has 0 radical (unpaired) electrons. The lowest BCUT2D eigenvalue weighted by atomic mass is 10.1. The van der Waals surface area contributed by atoms with Crippen LogP contribution in [0.2, 0.25) is 0 Å². The minimum absolute atomic E-state index is 0.0338. The zero-order chi connectivity index (χ0) is 18.3. The van der Waals surface area contributed by atoms with Crippen molar-refractivity contribution in [3.05, 3.63) is 23.9 Å². The summed E-state index contributed by atoms with van der Waals surface area (Å²) in [6.45, 7) is -1.67. The van der Waals surface area contributed by atoms with Crippen LogP contribution in [0.25, 0.3) is 0 Å². The number of carbonyl (C=O) groups excluding carboxylic acids is 2. The number of pyridine rings is 1. The lowest BCUT2D eigenvalue weighted by Crippen LogP contribution is -2.39. The molecule has 1 aliphatic rings. The summed E-state index contributed by atoms with van der Waals surface area (Å²) in [6, 6.07) is 3.04. The van der Waals surface area contributed by atoms with Crippen LogP contribution in [0.3, 0.4) is 0 Å². The highest BCUT2D eigenvalue weighted by molar-refractivity contribution is 5.85. The highest BCUT2D eigenvalue weighted by atomic mass is 19.4. The molecule has 1 aromatic heterocycles. The SMILES string of the molecule is O=C(CNC(=O)C1CCCC1)NCc1cccnc1OCC(F)(F)F. The standard InChI is InChI=1S/C16H20F3N3O3/c17-16(18,19)10-25-15-12(6-3-7-20-15)8-21-13(23)9-22-14(24)11-4-1-2-5-11/h3,6-7,11H,1-2,4-5,8-10H2,(H,21,23)(H,22,24). The van der Waals surface area contributed by atoms with E-state index in [-0.39, 0.29) is 30.8 Å². The number of halogens is 3. The number of aromatic nitrogens is 1. The summed E-state index contributed by atoms with van der Waals surface area (Å²) in [5.41, 5.74) is 0.321. The van der Waals surface area contributed by atoms with Crippen LogP contribution in [0.5, 0.6) is 5.88 Å². The van der Waals surface area contributed by atoms with Gasteiger partial charge in [0.25, 0.3) is 0 Å². The largest absolute Gasteiger partial charge is 0.468 e. The molecule has 1 saturated carbocycles. The van der Waals surface area contributed by atoms with Crippen LogP contribution >= 0.6 is 0 Å². The smallest absolute Gasteiger partial charge is 0.422 e. The molecule has 1 aromatic rings. The third-order valence-corrected chi connectivity index (χ3v) is 3.85. The quantitative estimate of drug-likeness (QED) is 0.780. The third kappa shape index (κ3) is 6.60. The average Bonchev–Trinajstić information content (AvgIpc) is 3.10. The number of alkyl halides is 3. The maximum absolute atomic E-state index is 12.2. The molecule has 0 unspecified atom stereocenters. The summed E-state index contributed by atoms with van der Waals surface area (Å²) in [6.07, 6.45) is 0.547. The molecule has 0 aliphatic heterocycles. The first kappa shape index (κ1) is 19.0. The van der Waals surface area contributed by atoms with Gasteiger partial charge in [-0.05, 0) is 18.9 Å². The Hall–Kier alpha value is -2.32. The number of carbonyl (C=O) groups is 2. The van der Waals surface area contributed by atoms with Crippen molar-refractivity contribution in [1.82, 2.24) is 15.6 Å². The summed E-state index contributed by atoms with van der Waals surface area (Å²) < 4.78 is 41.3. The number of rotatable bonds is 7. The fourth-order valence-electron chi connectivity index (χ4n) is 2.59. The molecule has 1 heterocycles. The minimum atomic E-state index is -4.47. The molecule has 0 saturated heterocycles. The van der Waals surface area contributed by atoms with Crippen LogP contribution < -0.4 is 15.4 Å². The summed E-state index contributed by atoms with van der Waals surface area (Å²) in [7, 11) is 0. The molecule has 2 N–H and O–H groups in total. The number of ether oxygens (including phenoxy) is 1. The summed E-state index contributed by atoms with van der Waals surface area (Å²) in [5, 5.41) is 5.10. The molecular weight excluding hydrogens is 339 g/mol. The molecular formula is C16H20F3N3O3. The Bertz CT molecular complexity index is 602. The van der Waals surface area contributed by atoms with Gasteiger partial charge in [0, 0.05) is 24.2 Å². The van der Waals surface area contributed by atoms with Gasteiger partial charge >= 0.3 is 6.18 Å². The fourth-order valence-corrected chi connectivity index (χ4v) is 2.59. The van der Waals surface area contributed by atoms with Gasteiger partial charge in [-0.3, -0.25) is 9.59 Å². The summed E-state index contributed by atoms with van der Waals surface area (Å²) in [5.74, 6) is -0.788. The lowest BCUT2D eigenvalue weighted by molar-refractivity contribution is -0.154. The van der Waals surface area contributed by atoms with Gasteiger partial charge in [0.1, 0.15) is 0 Å². The Kier molecular flexibility index (Phi) is 6.60. The van der Waals surface area contributed by atoms with Crippen LogP contribution in [0.4, 0.5) is 13.2 Å². The van der Waals surface area contributed by atoms with E-state index in [4.69, 9.17) is 0 Å². The molecule has 0 atom stereocenters. The summed E-state index contributed by atoms with van der Waals surface area (Å²) in [4.78, 5) is 27.4. The zero-order valence-corrected chi connectivity index (χ0v) is 13.6. The molecule has 138 valence electrons. The van der Waals surface area contributed by atoms with E-state index < -0.39 is 18.7 Å². The highest BCUT2D eigenvalue weighted by Crippen LogP contribution is 2.24. The van der Waals surface area contributed by atoms with Crippen LogP contribution in [0, 0.1) is 5.92 Å². The second-order valence-electron chi connectivity index (χ2n) is 5.85. The number of nitrogens with one attached hydrogen (secondary N) is 2. The minimum Gasteiger partial charge on any atom is -0.468 e. The van der Waals surface area contributed by atoms with Gasteiger partial charge in [-0.15, -0.1) is 0 Å². The second kappa shape index (κ2) is 8.68. The van der Waals surface area contributed by atoms with Gasteiger partial charge in [0.2, 0.25) is 17.7 Å². The van der Waals surface area contributed by atoms with Crippen molar-refractivity contribution in [2.45, 2.75) is 38.4 Å². The average molecular weight is 359 g/mol. The van der Waals surface area contributed by atoms with E-state index >= 15 is 0 Å². The fraction of sp³-hybridized carbons (Fsp3) is 0.562. The van der Waals surface area contributed by atoms with Crippen LogP contribution in [0.15, 0.2) is 18.3 Å². The molecule has 1 aliphatic carbocycles. The van der Waals surface area contributed by atoms with Crippen molar-refractivity contribution in [2.75, 3.05) is 13.2 Å². The first-order chi connectivity index (χ1) is 11.8. The highest BCUT2D eigenvalue weighted by Gasteiger charge is 2.29. The molecule has 9 heteroatoms. The van der Waals surface area contributed by atoms with E-state index in [0.29, 0.717) is 5.56 Å². The van der Waals surface area contributed by atoms with E-state index in [0.717, 1.165) is 25.7 Å². The van der Waals surface area contributed by atoms with Gasteiger partial charge in [-0.2, -0.15) is 13.2 Å². The Balaban J connectivity index is 1.78. The van der Waals surface area contributed by atoms with Gasteiger partial charge in [-0.25, -0.2) is 4.98 Å². The predicted molar refractivity (Wildman–Crippen MR) is 82.6 cm³/mol. The molecule has 2 amide bonds. The van der Waals surface area contributed by atoms with Crippen molar-refractivity contribution in [2.24, 2.45) is 5.92 Å². The molecule has 25 heavy (non-hydrogen) atoms. The van der Waals surface area contributed by atoms with Crippen LogP contribution in [-0.2, 0) is 16.1 Å². The topological polar surface area (TPSA) is 80.3 Å². The van der Waals surface area contributed by atoms with Crippen LogP contribution in [-0.4, -0.2) is 36.1 Å². The lowest BCUT2D eigenvalue weighted by Gasteiger charge is -2.13. The van der Waals surface area contributed by atoms with Gasteiger partial charge in [0.15, 0.2) is 6.61 Å². The maximum atomic E-state index is 12.2. The first-order valence-electron chi connectivity index (χ1n) is 8.03. The molecule has 6 nitrogen and oxygen atoms in total. The van der Waals surface area contributed by atoms with Crippen molar-refractivity contribution >= 4 is 11.8 Å². The number of amides is 2. The van der Waals surface area contributed by atoms with Crippen LogP contribution in [0.1, 0.15) is 31.2 Å². The zero-order valence-electron chi connectivity index (χ0n) is 13.6. The molecule has 0 bridgehead atoms. The van der Waals surface area contributed by atoms with Crippen molar-refractivity contribution < 1.29 is 27.5 Å². The number of nitrogens with zero attached hydrogens (tertiary/aromatic N) is 1. The van der Waals surface area contributed by atoms with E-state index in [1.54, 1.807) is 0 Å². The molecule has 2 rings (SSSR count). The van der Waals surface area contributed by atoms with E-state index in [1.165, 1.54) is 18.3 Å². The van der Waals surface area contributed by atoms with Gasteiger partial charge in [-0.1, -0.05) is 18.9 Å². The van der Waals surface area contributed by atoms with Crippen molar-refractivity contribution in [3.8, 4) is 5.88 Å². The normalized spacial score (nSPS) is 15.0.